The number of pyridine rings is 1. The molecule has 0 atom stereocenters. The lowest BCUT2D eigenvalue weighted by molar-refractivity contribution is 0.0581. The third kappa shape index (κ3) is 5.25. The van der Waals surface area contributed by atoms with Gasteiger partial charge < -0.3 is 14.8 Å². The number of nitrogens with zero attached hydrogens (tertiary/aromatic N) is 3. The number of halogens is 1. The summed E-state index contributed by atoms with van der Waals surface area (Å²) in [6.07, 6.45) is 3.77. The minimum absolute atomic E-state index is 0.0826. The zero-order valence-corrected chi connectivity index (χ0v) is 21.5. The van der Waals surface area contributed by atoms with Gasteiger partial charge in [-0.1, -0.05) is 24.2 Å². The molecule has 2 aromatic heterocycles. The molecule has 0 saturated heterocycles. The number of hydrogen-bond acceptors (Lipinski definition) is 3. The highest BCUT2D eigenvalue weighted by atomic mass is 35.5. The van der Waals surface area contributed by atoms with Gasteiger partial charge in [-0.25, -0.2) is 4.98 Å². The van der Waals surface area contributed by atoms with Crippen LogP contribution in [0.25, 0.3) is 22.2 Å². The van der Waals surface area contributed by atoms with Gasteiger partial charge in [0.2, 0.25) is 0 Å². The molecule has 3 rings (SSSR count). The monoisotopic (exact) mass is 466 g/mol. The van der Waals surface area contributed by atoms with Crippen LogP contribution in [0.5, 0.6) is 0 Å². The molecule has 0 saturated carbocycles. The predicted octanol–water partition coefficient (Wildman–Crippen LogP) is 6.39. The van der Waals surface area contributed by atoms with E-state index in [0.717, 1.165) is 32.7 Å². The lowest BCUT2D eigenvalue weighted by Gasteiger charge is -2.35. The number of rotatable bonds is 6. The fourth-order valence-corrected chi connectivity index (χ4v) is 4.05. The molecule has 1 N–H and O–H groups in total. The van der Waals surface area contributed by atoms with Crippen LogP contribution in [-0.2, 0) is 5.54 Å². The molecule has 6 heteroatoms. The van der Waals surface area contributed by atoms with Crippen molar-refractivity contribution < 1.29 is 4.79 Å². The van der Waals surface area contributed by atoms with Crippen LogP contribution in [0.4, 0.5) is 0 Å². The number of benzene rings is 1. The van der Waals surface area contributed by atoms with E-state index in [1.807, 2.05) is 56.9 Å². The van der Waals surface area contributed by atoms with E-state index in [-0.39, 0.29) is 17.0 Å². The third-order valence-electron chi connectivity index (χ3n) is 5.74. The van der Waals surface area contributed by atoms with Crippen molar-refractivity contribution in [3.8, 4) is 11.1 Å². The fraction of sp³-hybridized carbons (Fsp3) is 0.407. The van der Waals surface area contributed by atoms with Crippen LogP contribution in [-0.4, -0.2) is 39.0 Å². The van der Waals surface area contributed by atoms with E-state index >= 15 is 0 Å². The first-order valence-electron chi connectivity index (χ1n) is 11.3. The molecule has 0 radical (unpaired) electrons. The fourth-order valence-electron chi connectivity index (χ4n) is 3.93. The number of carbonyl (C=O) groups is 1. The molecule has 1 amide bonds. The summed E-state index contributed by atoms with van der Waals surface area (Å²) in [7, 11) is 0. The van der Waals surface area contributed by atoms with Crippen LogP contribution >= 0.6 is 11.6 Å². The molecule has 3 aromatic rings. The van der Waals surface area contributed by atoms with Gasteiger partial charge in [-0.15, -0.1) is 0 Å². The second kappa shape index (κ2) is 9.22. The molecule has 33 heavy (non-hydrogen) atoms. The maximum absolute atomic E-state index is 13.5. The second-order valence-corrected chi connectivity index (χ2v) is 10.8. The van der Waals surface area contributed by atoms with Crippen LogP contribution in [0.2, 0.25) is 5.02 Å². The molecule has 2 heterocycles. The van der Waals surface area contributed by atoms with Crippen molar-refractivity contribution in [3.05, 3.63) is 65.6 Å². The Labute approximate surface area is 202 Å². The van der Waals surface area contributed by atoms with E-state index in [1.165, 1.54) is 0 Å². The normalized spacial score (nSPS) is 12.1. The van der Waals surface area contributed by atoms with E-state index in [9.17, 15) is 4.79 Å². The van der Waals surface area contributed by atoms with Crippen molar-refractivity contribution in [2.24, 2.45) is 0 Å². The standard InChI is InChI=1S/C27H35ClN4O/c1-9-29-14-15-31(26(3,4)5)25(33)23-13-11-20-21(19-10-12-22(28)18(2)16-19)17-32(24(20)30-23)27(6,7)8/h9-13,16-17,29H,1,14-15H2,2-8H3. The van der Waals surface area contributed by atoms with E-state index in [0.29, 0.717) is 18.8 Å². The van der Waals surface area contributed by atoms with Gasteiger partial charge in [0, 0.05) is 46.3 Å². The number of amides is 1. The van der Waals surface area contributed by atoms with Crippen molar-refractivity contribution in [3.63, 3.8) is 0 Å². The predicted molar refractivity (Wildman–Crippen MR) is 139 cm³/mol. The highest BCUT2D eigenvalue weighted by Crippen LogP contribution is 2.35. The van der Waals surface area contributed by atoms with Crippen molar-refractivity contribution in [2.45, 2.75) is 59.5 Å². The molecular formula is C27H35ClN4O. The van der Waals surface area contributed by atoms with Gasteiger partial charge in [-0.05, 0) is 90.1 Å². The number of aryl methyl sites for hydroxylation is 1. The zero-order valence-electron chi connectivity index (χ0n) is 20.8. The summed E-state index contributed by atoms with van der Waals surface area (Å²) in [5.74, 6) is -0.0826. The summed E-state index contributed by atoms with van der Waals surface area (Å²) in [5, 5.41) is 4.84. The summed E-state index contributed by atoms with van der Waals surface area (Å²) in [6, 6.07) is 9.90. The first-order chi connectivity index (χ1) is 15.3. The minimum atomic E-state index is -0.339. The highest BCUT2D eigenvalue weighted by molar-refractivity contribution is 6.31. The Morgan fingerprint density at radius 3 is 2.45 bits per heavy atom. The smallest absolute Gasteiger partial charge is 0.273 e. The summed E-state index contributed by atoms with van der Waals surface area (Å²) in [6.45, 7) is 19.4. The molecule has 0 aliphatic carbocycles. The Balaban J connectivity index is 2.14. The Morgan fingerprint density at radius 1 is 1.18 bits per heavy atom. The molecule has 0 aliphatic heterocycles. The lowest BCUT2D eigenvalue weighted by atomic mass is 10.0. The molecule has 0 bridgehead atoms. The van der Waals surface area contributed by atoms with Crippen LogP contribution in [0.1, 0.15) is 57.6 Å². The molecular weight excluding hydrogens is 432 g/mol. The molecule has 0 fully saturated rings. The number of carbonyl (C=O) groups excluding carboxylic acids is 1. The van der Waals surface area contributed by atoms with Gasteiger partial charge in [0.15, 0.2) is 0 Å². The summed E-state index contributed by atoms with van der Waals surface area (Å²) in [4.78, 5) is 20.3. The van der Waals surface area contributed by atoms with Crippen LogP contribution < -0.4 is 5.32 Å². The average molecular weight is 467 g/mol. The zero-order chi connectivity index (χ0) is 24.6. The topological polar surface area (TPSA) is 50.2 Å². The summed E-state index contributed by atoms with van der Waals surface area (Å²) < 4.78 is 2.15. The quantitative estimate of drug-likeness (QED) is 0.428. The van der Waals surface area contributed by atoms with E-state index in [2.05, 4.69) is 49.5 Å². The van der Waals surface area contributed by atoms with Gasteiger partial charge in [-0.2, -0.15) is 0 Å². The number of fused-ring (bicyclic) bond motifs is 1. The molecule has 176 valence electrons. The SMILES string of the molecule is C=CNCCN(C(=O)c1ccc2c(-c3ccc(Cl)c(C)c3)cn(C(C)(C)C)c2n1)C(C)(C)C. The van der Waals surface area contributed by atoms with E-state index in [1.54, 1.807) is 6.20 Å². The van der Waals surface area contributed by atoms with Crippen LogP contribution in [0, 0.1) is 6.92 Å². The first-order valence-corrected chi connectivity index (χ1v) is 11.7. The summed E-state index contributed by atoms with van der Waals surface area (Å²) >= 11 is 6.26. The van der Waals surface area contributed by atoms with Crippen LogP contribution in [0.15, 0.2) is 49.3 Å². The number of nitrogens with one attached hydrogen (secondary N) is 1. The van der Waals surface area contributed by atoms with Gasteiger partial charge >= 0.3 is 0 Å². The molecule has 1 aromatic carbocycles. The highest BCUT2D eigenvalue weighted by Gasteiger charge is 2.29. The van der Waals surface area contributed by atoms with Gasteiger partial charge in [0.1, 0.15) is 11.3 Å². The molecule has 0 unspecified atom stereocenters. The van der Waals surface area contributed by atoms with E-state index < -0.39 is 0 Å². The number of aromatic nitrogens is 2. The Hall–Kier alpha value is -2.79. The van der Waals surface area contributed by atoms with Crippen molar-refractivity contribution >= 4 is 28.5 Å². The maximum atomic E-state index is 13.5. The Kier molecular flexibility index (Phi) is 6.94. The Morgan fingerprint density at radius 2 is 1.88 bits per heavy atom. The van der Waals surface area contributed by atoms with Gasteiger partial charge in [0.25, 0.3) is 5.91 Å². The minimum Gasteiger partial charge on any atom is -0.390 e. The first kappa shape index (κ1) is 24.8. The van der Waals surface area contributed by atoms with Crippen LogP contribution in [0.3, 0.4) is 0 Å². The Bertz CT molecular complexity index is 1180. The van der Waals surface area contributed by atoms with Gasteiger partial charge in [-0.3, -0.25) is 4.79 Å². The number of hydrogen-bond donors (Lipinski definition) is 1. The lowest BCUT2D eigenvalue weighted by Crippen LogP contribution is -2.48. The largest absolute Gasteiger partial charge is 0.390 e. The molecule has 5 nitrogen and oxygen atoms in total. The maximum Gasteiger partial charge on any atom is 0.273 e. The van der Waals surface area contributed by atoms with Crippen molar-refractivity contribution in [1.29, 1.82) is 0 Å². The second-order valence-electron chi connectivity index (χ2n) is 10.4. The van der Waals surface area contributed by atoms with E-state index in [4.69, 9.17) is 16.6 Å². The summed E-state index contributed by atoms with van der Waals surface area (Å²) in [5.41, 5.74) is 3.89. The molecule has 0 aliphatic rings. The third-order valence-corrected chi connectivity index (χ3v) is 6.17. The average Bonchev–Trinajstić information content (AvgIpc) is 3.11. The molecule has 0 spiro atoms. The van der Waals surface area contributed by atoms with Gasteiger partial charge in [0.05, 0.1) is 0 Å². The van der Waals surface area contributed by atoms with Crippen molar-refractivity contribution in [1.82, 2.24) is 19.8 Å². The van der Waals surface area contributed by atoms with Crippen molar-refractivity contribution in [2.75, 3.05) is 13.1 Å².